The lowest BCUT2D eigenvalue weighted by molar-refractivity contribution is -0.136. The lowest BCUT2D eigenvalue weighted by Crippen LogP contribution is -2.30. The summed E-state index contributed by atoms with van der Waals surface area (Å²) in [5.41, 5.74) is 0.902. The molecule has 0 aliphatic rings. The van der Waals surface area contributed by atoms with Gasteiger partial charge in [-0.3, -0.25) is 4.79 Å². The Labute approximate surface area is 117 Å². The van der Waals surface area contributed by atoms with Crippen LogP contribution in [0.3, 0.4) is 0 Å². The quantitative estimate of drug-likeness (QED) is 0.863. The Bertz CT molecular complexity index is 421. The van der Waals surface area contributed by atoms with Crippen LogP contribution in [0, 0.1) is 5.92 Å². The van der Waals surface area contributed by atoms with Gasteiger partial charge in [-0.1, -0.05) is 37.0 Å². The molecule has 0 saturated carbocycles. The van der Waals surface area contributed by atoms with Crippen molar-refractivity contribution in [2.45, 2.75) is 20.3 Å². The van der Waals surface area contributed by atoms with Crippen LogP contribution in [0.15, 0.2) is 18.2 Å². The minimum absolute atomic E-state index is 0.104. The summed E-state index contributed by atoms with van der Waals surface area (Å²) in [6, 6.07) is 5.36. The summed E-state index contributed by atoms with van der Waals surface area (Å²) in [5, 5.41) is 9.76. The summed E-state index contributed by atoms with van der Waals surface area (Å²) in [6.07, 6.45) is 0.104. The van der Waals surface area contributed by atoms with Crippen LogP contribution in [0.25, 0.3) is 0 Å². The number of carbonyl (C=O) groups is 1. The number of carboxylic acid groups (broad SMARTS) is 1. The van der Waals surface area contributed by atoms with Gasteiger partial charge >= 0.3 is 5.97 Å². The van der Waals surface area contributed by atoms with Gasteiger partial charge in [0, 0.05) is 18.8 Å². The smallest absolute Gasteiger partial charge is 0.305 e. The fraction of sp³-hybridized carbons (Fsp3) is 0.462. The van der Waals surface area contributed by atoms with Crippen molar-refractivity contribution >= 4 is 34.9 Å². The van der Waals surface area contributed by atoms with Gasteiger partial charge in [-0.25, -0.2) is 0 Å². The van der Waals surface area contributed by atoms with Gasteiger partial charge < -0.3 is 10.0 Å². The molecule has 0 saturated heterocycles. The third kappa shape index (κ3) is 4.75. The number of anilines is 1. The molecule has 3 nitrogen and oxygen atoms in total. The summed E-state index contributed by atoms with van der Waals surface area (Å²) in [6.45, 7) is 5.42. The SMILES string of the molecule is CC(C)CN(CCC(=O)O)c1ccc(Cl)c(Cl)c1. The summed E-state index contributed by atoms with van der Waals surface area (Å²) >= 11 is 11.9. The molecule has 0 aliphatic carbocycles. The molecule has 0 unspecified atom stereocenters. The highest BCUT2D eigenvalue weighted by atomic mass is 35.5. The van der Waals surface area contributed by atoms with Gasteiger partial charge in [-0.15, -0.1) is 0 Å². The van der Waals surface area contributed by atoms with E-state index in [9.17, 15) is 4.79 Å². The Morgan fingerprint density at radius 2 is 2.00 bits per heavy atom. The number of halogens is 2. The van der Waals surface area contributed by atoms with Gasteiger partial charge in [0.05, 0.1) is 16.5 Å². The van der Waals surface area contributed by atoms with E-state index in [1.165, 1.54) is 0 Å². The van der Waals surface area contributed by atoms with Crippen LogP contribution >= 0.6 is 23.2 Å². The lowest BCUT2D eigenvalue weighted by atomic mass is 10.1. The highest BCUT2D eigenvalue weighted by Gasteiger charge is 2.11. The molecule has 0 aliphatic heterocycles. The summed E-state index contributed by atoms with van der Waals surface area (Å²) in [4.78, 5) is 12.7. The van der Waals surface area contributed by atoms with Gasteiger partial charge in [-0.2, -0.15) is 0 Å². The first kappa shape index (κ1) is 15.1. The van der Waals surface area contributed by atoms with Crippen LogP contribution in [0.1, 0.15) is 20.3 Å². The zero-order valence-corrected chi connectivity index (χ0v) is 12.0. The Morgan fingerprint density at radius 1 is 1.33 bits per heavy atom. The number of aliphatic carboxylic acids is 1. The molecule has 1 aromatic rings. The van der Waals surface area contributed by atoms with Crippen molar-refractivity contribution in [3.63, 3.8) is 0 Å². The van der Waals surface area contributed by atoms with E-state index >= 15 is 0 Å². The fourth-order valence-electron chi connectivity index (χ4n) is 1.68. The predicted molar refractivity (Wildman–Crippen MR) is 75.8 cm³/mol. The van der Waals surface area contributed by atoms with Crippen LogP contribution in [-0.2, 0) is 4.79 Å². The Hall–Kier alpha value is -0.930. The Kier molecular flexibility index (Phi) is 5.76. The van der Waals surface area contributed by atoms with Crippen molar-refractivity contribution in [3.05, 3.63) is 28.2 Å². The van der Waals surface area contributed by atoms with Crippen molar-refractivity contribution in [1.82, 2.24) is 0 Å². The van der Waals surface area contributed by atoms with E-state index in [1.54, 1.807) is 12.1 Å². The van der Waals surface area contributed by atoms with Crippen molar-refractivity contribution in [2.75, 3.05) is 18.0 Å². The van der Waals surface area contributed by atoms with E-state index in [2.05, 4.69) is 13.8 Å². The van der Waals surface area contributed by atoms with Gasteiger partial charge in [0.25, 0.3) is 0 Å². The van der Waals surface area contributed by atoms with Crippen LogP contribution in [0.5, 0.6) is 0 Å². The molecule has 18 heavy (non-hydrogen) atoms. The van der Waals surface area contributed by atoms with Gasteiger partial charge in [0.2, 0.25) is 0 Å². The first-order valence-electron chi connectivity index (χ1n) is 5.82. The average molecular weight is 290 g/mol. The standard InChI is InChI=1S/C13H17Cl2NO2/c1-9(2)8-16(6-5-13(17)18)10-3-4-11(14)12(15)7-10/h3-4,7,9H,5-6,8H2,1-2H3,(H,17,18). The molecule has 0 amide bonds. The van der Waals surface area contributed by atoms with Crippen molar-refractivity contribution in [3.8, 4) is 0 Å². The van der Waals surface area contributed by atoms with Gasteiger partial charge in [-0.05, 0) is 24.1 Å². The maximum absolute atomic E-state index is 10.7. The predicted octanol–water partition coefficient (Wildman–Crippen LogP) is 3.93. The molecule has 100 valence electrons. The summed E-state index contributed by atoms with van der Waals surface area (Å²) in [5.74, 6) is -0.364. The highest BCUT2D eigenvalue weighted by Crippen LogP contribution is 2.27. The zero-order chi connectivity index (χ0) is 13.7. The van der Waals surface area contributed by atoms with E-state index in [0.717, 1.165) is 12.2 Å². The molecule has 0 bridgehead atoms. The first-order chi connectivity index (χ1) is 8.40. The third-order valence-electron chi connectivity index (χ3n) is 2.45. The minimum atomic E-state index is -0.802. The van der Waals surface area contributed by atoms with E-state index in [0.29, 0.717) is 22.5 Å². The average Bonchev–Trinajstić information content (AvgIpc) is 2.27. The molecule has 0 aromatic heterocycles. The van der Waals surface area contributed by atoms with E-state index in [-0.39, 0.29) is 6.42 Å². The molecule has 0 atom stereocenters. The van der Waals surface area contributed by atoms with Crippen molar-refractivity contribution in [1.29, 1.82) is 0 Å². The molecule has 0 radical (unpaired) electrons. The molecule has 1 N–H and O–H groups in total. The molecular weight excluding hydrogens is 273 g/mol. The number of hydrogen-bond acceptors (Lipinski definition) is 2. The van der Waals surface area contributed by atoms with E-state index in [4.69, 9.17) is 28.3 Å². The topological polar surface area (TPSA) is 40.5 Å². The number of nitrogens with zero attached hydrogens (tertiary/aromatic N) is 1. The molecular formula is C13H17Cl2NO2. The molecule has 1 rings (SSSR count). The van der Waals surface area contributed by atoms with Gasteiger partial charge in [0.15, 0.2) is 0 Å². The summed E-state index contributed by atoms with van der Waals surface area (Å²) < 4.78 is 0. The largest absolute Gasteiger partial charge is 0.481 e. The second kappa shape index (κ2) is 6.86. The van der Waals surface area contributed by atoms with Crippen LogP contribution in [-0.4, -0.2) is 24.2 Å². The second-order valence-electron chi connectivity index (χ2n) is 4.58. The summed E-state index contributed by atoms with van der Waals surface area (Å²) in [7, 11) is 0. The number of benzene rings is 1. The Balaban J connectivity index is 2.86. The van der Waals surface area contributed by atoms with E-state index < -0.39 is 5.97 Å². The first-order valence-corrected chi connectivity index (χ1v) is 6.57. The molecule has 0 heterocycles. The lowest BCUT2D eigenvalue weighted by Gasteiger charge is -2.26. The normalized spacial score (nSPS) is 10.7. The number of carboxylic acids is 1. The van der Waals surface area contributed by atoms with E-state index in [1.807, 2.05) is 11.0 Å². The molecule has 0 spiro atoms. The maximum Gasteiger partial charge on any atom is 0.305 e. The van der Waals surface area contributed by atoms with Crippen LogP contribution < -0.4 is 4.90 Å². The van der Waals surface area contributed by atoms with Crippen LogP contribution in [0.2, 0.25) is 10.0 Å². The molecule has 0 fully saturated rings. The number of rotatable bonds is 6. The Morgan fingerprint density at radius 3 is 2.50 bits per heavy atom. The third-order valence-corrected chi connectivity index (χ3v) is 3.19. The monoisotopic (exact) mass is 289 g/mol. The van der Waals surface area contributed by atoms with Crippen LogP contribution in [0.4, 0.5) is 5.69 Å². The maximum atomic E-state index is 10.7. The molecule has 5 heteroatoms. The molecule has 1 aromatic carbocycles. The second-order valence-corrected chi connectivity index (χ2v) is 5.40. The zero-order valence-electron chi connectivity index (χ0n) is 10.5. The number of hydrogen-bond donors (Lipinski definition) is 1. The minimum Gasteiger partial charge on any atom is -0.481 e. The van der Waals surface area contributed by atoms with Crippen molar-refractivity contribution in [2.24, 2.45) is 5.92 Å². The van der Waals surface area contributed by atoms with Gasteiger partial charge in [0.1, 0.15) is 0 Å². The fourth-order valence-corrected chi connectivity index (χ4v) is 1.97. The van der Waals surface area contributed by atoms with Crippen molar-refractivity contribution < 1.29 is 9.90 Å². The highest BCUT2D eigenvalue weighted by molar-refractivity contribution is 6.42.